The molecule has 0 radical (unpaired) electrons. The van der Waals surface area contributed by atoms with Gasteiger partial charge in [-0.05, 0) is 60.4 Å². The van der Waals surface area contributed by atoms with Gasteiger partial charge in [0, 0.05) is 31.9 Å². The maximum Gasteiger partial charge on any atom is 0.200 e. The molecule has 0 aliphatic carbocycles. The molecule has 7 N–H and O–H groups in total. The molecule has 0 fully saturated rings. The van der Waals surface area contributed by atoms with E-state index in [0.717, 1.165) is 20.1 Å². The quantitative estimate of drug-likeness (QED) is 0.0485. The molecule has 0 saturated carbocycles. The van der Waals surface area contributed by atoms with E-state index in [1.807, 2.05) is 48.5 Å². The van der Waals surface area contributed by atoms with Crippen molar-refractivity contribution >= 4 is 37.6 Å². The summed E-state index contributed by atoms with van der Waals surface area (Å²) in [7, 11) is 0. The molecule has 4 aromatic carbocycles. The van der Waals surface area contributed by atoms with Crippen LogP contribution in [-0.2, 0) is 12.8 Å². The number of phenolic OH excluding ortho intramolecular Hbond substituents is 6. The van der Waals surface area contributed by atoms with Crippen LogP contribution in [0.15, 0.2) is 86.9 Å². The zero-order chi connectivity index (χ0) is 28.3. The van der Waals surface area contributed by atoms with Gasteiger partial charge in [0.15, 0.2) is 23.0 Å². The Morgan fingerprint density at radius 3 is 1.36 bits per heavy atom. The lowest BCUT2D eigenvalue weighted by atomic mass is 9.76. The fraction of sp³-hybridized carbons (Fsp3) is 0.138. The number of hydrogen-bond acceptors (Lipinski definition) is 8. The maximum absolute atomic E-state index is 10.9. The van der Waals surface area contributed by atoms with Crippen molar-refractivity contribution in [2.75, 3.05) is 0 Å². The summed E-state index contributed by atoms with van der Waals surface area (Å²) in [6, 6.07) is 20.0. The van der Waals surface area contributed by atoms with Gasteiger partial charge < -0.3 is 35.8 Å². The molecule has 202 valence electrons. The van der Waals surface area contributed by atoms with Gasteiger partial charge in [-0.2, -0.15) is 0 Å². The van der Waals surface area contributed by atoms with Crippen molar-refractivity contribution in [2.45, 2.75) is 24.7 Å². The lowest BCUT2D eigenvalue weighted by Crippen LogP contribution is -2.25. The number of aromatic hydroxyl groups is 6. The van der Waals surface area contributed by atoms with E-state index in [0.29, 0.717) is 0 Å². The predicted molar refractivity (Wildman–Crippen MR) is 153 cm³/mol. The number of nitrogens with zero attached hydrogens (tertiary/aromatic N) is 1. The monoisotopic (exact) mass is 657 g/mol. The second-order valence-electron chi connectivity index (χ2n) is 9.04. The van der Waals surface area contributed by atoms with Crippen LogP contribution in [0.5, 0.6) is 34.5 Å². The summed E-state index contributed by atoms with van der Waals surface area (Å²) in [5, 5.41) is 76.3. The Bertz CT molecular complexity index is 1430. The fourth-order valence-corrected chi connectivity index (χ4v) is 5.55. The molecule has 4 aromatic rings. The average Bonchev–Trinajstić information content (AvgIpc) is 2.90. The number of benzene rings is 4. The minimum atomic E-state index is -0.872. The Kier molecular flexibility index (Phi) is 8.57. The van der Waals surface area contributed by atoms with Crippen LogP contribution in [0.3, 0.4) is 0 Å². The predicted octanol–water partition coefficient (Wildman–Crippen LogP) is 6.63. The van der Waals surface area contributed by atoms with E-state index in [1.54, 1.807) is 0 Å². The molecular weight excluding hydrogens is 634 g/mol. The van der Waals surface area contributed by atoms with Gasteiger partial charge in [-0.15, -0.1) is 0 Å². The van der Waals surface area contributed by atoms with Crippen molar-refractivity contribution in [1.29, 1.82) is 0 Å². The summed E-state index contributed by atoms with van der Waals surface area (Å²) in [5.41, 5.74) is 2.01. The molecule has 4 rings (SSSR count). The van der Waals surface area contributed by atoms with Crippen molar-refractivity contribution in [3.05, 3.63) is 104 Å². The maximum atomic E-state index is 10.9. The zero-order valence-electron chi connectivity index (χ0n) is 20.3. The van der Waals surface area contributed by atoms with Crippen LogP contribution < -0.4 is 0 Å². The van der Waals surface area contributed by atoms with Gasteiger partial charge >= 0.3 is 0 Å². The number of oxime groups is 1. The van der Waals surface area contributed by atoms with Gasteiger partial charge in [-0.3, -0.25) is 0 Å². The first-order valence-electron chi connectivity index (χ1n) is 11.8. The molecule has 0 aliphatic heterocycles. The molecule has 0 saturated heterocycles. The van der Waals surface area contributed by atoms with Crippen molar-refractivity contribution in [2.24, 2.45) is 5.16 Å². The first kappa shape index (κ1) is 28.1. The van der Waals surface area contributed by atoms with Crippen LogP contribution in [-0.4, -0.2) is 41.6 Å². The molecule has 10 heteroatoms. The summed E-state index contributed by atoms with van der Waals surface area (Å²) in [4.78, 5) is 0. The van der Waals surface area contributed by atoms with Crippen molar-refractivity contribution < 1.29 is 35.8 Å². The first-order valence-corrected chi connectivity index (χ1v) is 13.4. The Morgan fingerprint density at radius 1 is 0.590 bits per heavy atom. The van der Waals surface area contributed by atoms with Crippen molar-refractivity contribution in [1.82, 2.24) is 0 Å². The molecule has 0 aromatic heterocycles. The topological polar surface area (TPSA) is 154 Å². The third kappa shape index (κ3) is 6.07. The molecule has 2 atom stereocenters. The van der Waals surface area contributed by atoms with Crippen LogP contribution in [0.2, 0.25) is 0 Å². The number of phenols is 6. The normalized spacial score (nSPS) is 12.6. The van der Waals surface area contributed by atoms with Crippen LogP contribution >= 0.6 is 31.9 Å². The second kappa shape index (κ2) is 11.9. The van der Waals surface area contributed by atoms with Crippen LogP contribution in [0, 0.1) is 0 Å². The molecule has 0 bridgehead atoms. The van der Waals surface area contributed by atoms with Gasteiger partial charge in [0.1, 0.15) is 0 Å². The number of halogens is 2. The van der Waals surface area contributed by atoms with Crippen molar-refractivity contribution in [3.63, 3.8) is 0 Å². The molecular formula is C29H25Br2NO7. The Balaban J connectivity index is 1.93. The van der Waals surface area contributed by atoms with Crippen molar-refractivity contribution in [3.8, 4) is 34.5 Å². The Labute approximate surface area is 241 Å². The van der Waals surface area contributed by atoms with Gasteiger partial charge in [0.25, 0.3) is 0 Å². The average molecular weight is 659 g/mol. The number of hydrogen-bond donors (Lipinski definition) is 7. The van der Waals surface area contributed by atoms with E-state index in [-0.39, 0.29) is 29.7 Å². The van der Waals surface area contributed by atoms with E-state index in [2.05, 4.69) is 37.0 Å². The van der Waals surface area contributed by atoms with Crippen LogP contribution in [0.1, 0.15) is 34.1 Å². The van der Waals surface area contributed by atoms with E-state index >= 15 is 0 Å². The SMILES string of the molecule is ON=C(C(Cc1cccc(Br)c1)c1ccc(O)c(O)c1O)C(Cc1cccc(Br)c1)c1ccc(O)c(O)c1O. The van der Waals surface area contributed by atoms with E-state index in [9.17, 15) is 35.8 Å². The van der Waals surface area contributed by atoms with Crippen LogP contribution in [0.25, 0.3) is 0 Å². The van der Waals surface area contributed by atoms with Gasteiger partial charge in [0.05, 0.1) is 5.71 Å². The fourth-order valence-electron chi connectivity index (χ4n) is 4.66. The van der Waals surface area contributed by atoms with Gasteiger partial charge in [0.2, 0.25) is 11.5 Å². The third-order valence-corrected chi connectivity index (χ3v) is 7.55. The van der Waals surface area contributed by atoms with Gasteiger partial charge in [-0.25, -0.2) is 0 Å². The van der Waals surface area contributed by atoms with Crippen LogP contribution in [0.4, 0.5) is 0 Å². The minimum Gasteiger partial charge on any atom is -0.504 e. The Hall–Kier alpha value is -3.89. The molecule has 0 aliphatic rings. The standard InChI is InChI=1S/C29H25Br2NO7/c30-17-5-1-3-15(11-17)13-21(19-7-9-23(33)28(37)26(19)35)25(32-39)22(14-16-4-2-6-18(31)12-16)20-8-10-24(34)29(38)27(20)36/h1-12,21-22,33-39H,13-14H2. The van der Waals surface area contributed by atoms with E-state index in [4.69, 9.17) is 0 Å². The molecule has 0 spiro atoms. The smallest absolute Gasteiger partial charge is 0.200 e. The highest BCUT2D eigenvalue weighted by atomic mass is 79.9. The summed E-state index contributed by atoms with van der Waals surface area (Å²) < 4.78 is 1.59. The highest BCUT2D eigenvalue weighted by Crippen LogP contribution is 2.47. The lowest BCUT2D eigenvalue weighted by molar-refractivity contribution is 0.313. The molecule has 2 unspecified atom stereocenters. The Morgan fingerprint density at radius 2 is 1.00 bits per heavy atom. The summed E-state index contributed by atoms with van der Waals surface area (Å²) in [5.74, 6) is -5.41. The minimum absolute atomic E-state index is 0.0933. The highest BCUT2D eigenvalue weighted by molar-refractivity contribution is 9.10. The number of rotatable bonds is 8. The van der Waals surface area contributed by atoms with Gasteiger partial charge in [-0.1, -0.05) is 73.4 Å². The highest BCUT2D eigenvalue weighted by Gasteiger charge is 2.34. The molecule has 39 heavy (non-hydrogen) atoms. The van der Waals surface area contributed by atoms with E-state index < -0.39 is 46.3 Å². The summed E-state index contributed by atoms with van der Waals surface area (Å²) in [6.45, 7) is 0. The lowest BCUT2D eigenvalue weighted by Gasteiger charge is -2.28. The molecule has 0 heterocycles. The molecule has 8 nitrogen and oxygen atoms in total. The molecule has 0 amide bonds. The zero-order valence-corrected chi connectivity index (χ0v) is 23.5. The summed E-state index contributed by atoms with van der Waals surface area (Å²) >= 11 is 6.90. The largest absolute Gasteiger partial charge is 0.504 e. The third-order valence-electron chi connectivity index (χ3n) is 6.56. The van der Waals surface area contributed by atoms with E-state index in [1.165, 1.54) is 24.3 Å². The summed E-state index contributed by atoms with van der Waals surface area (Å²) in [6.07, 6.45) is 0.382. The first-order chi connectivity index (χ1) is 18.6. The second-order valence-corrected chi connectivity index (χ2v) is 10.9.